The highest BCUT2D eigenvalue weighted by Crippen LogP contribution is 2.23. The van der Waals surface area contributed by atoms with Crippen molar-refractivity contribution in [1.29, 1.82) is 0 Å². The van der Waals surface area contributed by atoms with Crippen molar-refractivity contribution in [3.05, 3.63) is 59.7 Å². The molecule has 0 aliphatic carbocycles. The summed E-state index contributed by atoms with van der Waals surface area (Å²) in [4.78, 5) is 12.8. The Bertz CT molecular complexity index is 953. The number of carbonyl (C=O) groups is 1. The number of para-hydroxylation sites is 1. The summed E-state index contributed by atoms with van der Waals surface area (Å²) in [5.74, 6) is -1.94. The van der Waals surface area contributed by atoms with Crippen molar-refractivity contribution in [3.8, 4) is 5.75 Å². The van der Waals surface area contributed by atoms with Crippen molar-refractivity contribution in [2.75, 3.05) is 32.8 Å². The van der Waals surface area contributed by atoms with Crippen LogP contribution in [-0.4, -0.2) is 56.3 Å². The molecule has 0 spiro atoms. The van der Waals surface area contributed by atoms with E-state index in [1.54, 1.807) is 12.1 Å². The molecule has 0 N–H and O–H groups in total. The fourth-order valence-electron chi connectivity index (χ4n) is 2.99. The first-order chi connectivity index (χ1) is 13.3. The van der Waals surface area contributed by atoms with Crippen LogP contribution in [0.1, 0.15) is 5.56 Å². The third kappa shape index (κ3) is 4.15. The van der Waals surface area contributed by atoms with E-state index in [4.69, 9.17) is 4.74 Å². The minimum absolute atomic E-state index is 0.0494. The SMILES string of the molecule is Cc1ccccc1OCC(=O)N1CCN(S(=O)(=O)c2c(F)cccc2F)CC1. The highest BCUT2D eigenvalue weighted by molar-refractivity contribution is 7.89. The van der Waals surface area contributed by atoms with Crippen molar-refractivity contribution < 1.29 is 26.7 Å². The number of hydrogen-bond acceptors (Lipinski definition) is 4. The zero-order valence-corrected chi connectivity index (χ0v) is 16.1. The third-order valence-corrected chi connectivity index (χ3v) is 6.50. The smallest absolute Gasteiger partial charge is 0.260 e. The fourth-order valence-corrected chi connectivity index (χ4v) is 4.52. The van der Waals surface area contributed by atoms with E-state index in [1.807, 2.05) is 19.1 Å². The molecule has 1 aliphatic heterocycles. The lowest BCUT2D eigenvalue weighted by Gasteiger charge is -2.34. The standard InChI is InChI=1S/C19H20F2N2O4S/c1-14-5-2-3-8-17(14)27-13-18(24)22-9-11-23(12-10-22)28(25,26)19-15(20)6-4-7-16(19)21/h2-8H,9-13H2,1H3. The van der Waals surface area contributed by atoms with E-state index in [-0.39, 0.29) is 38.7 Å². The monoisotopic (exact) mass is 410 g/mol. The lowest BCUT2D eigenvalue weighted by molar-refractivity contribution is -0.134. The summed E-state index contributed by atoms with van der Waals surface area (Å²) in [7, 11) is -4.32. The molecular weight excluding hydrogens is 390 g/mol. The first kappa shape index (κ1) is 20.2. The number of ether oxygens (including phenoxy) is 1. The minimum atomic E-state index is -4.32. The van der Waals surface area contributed by atoms with Crippen LogP contribution in [0.5, 0.6) is 5.75 Å². The molecule has 28 heavy (non-hydrogen) atoms. The molecule has 0 aromatic heterocycles. The quantitative estimate of drug-likeness (QED) is 0.758. The molecule has 2 aromatic rings. The summed E-state index contributed by atoms with van der Waals surface area (Å²) in [6, 6.07) is 10.2. The summed E-state index contributed by atoms with van der Waals surface area (Å²) in [6.45, 7) is 1.83. The average molecular weight is 410 g/mol. The van der Waals surface area contributed by atoms with Crippen LogP contribution in [0.2, 0.25) is 0 Å². The number of rotatable bonds is 5. The fraction of sp³-hybridized carbons (Fsp3) is 0.316. The van der Waals surface area contributed by atoms with Crippen LogP contribution in [0.4, 0.5) is 8.78 Å². The van der Waals surface area contributed by atoms with E-state index in [0.29, 0.717) is 5.75 Å². The van der Waals surface area contributed by atoms with Crippen LogP contribution in [0.25, 0.3) is 0 Å². The van der Waals surface area contributed by atoms with Gasteiger partial charge >= 0.3 is 0 Å². The Hall–Kier alpha value is -2.52. The first-order valence-corrected chi connectivity index (χ1v) is 10.1. The molecule has 2 aromatic carbocycles. The molecule has 0 atom stereocenters. The second-order valence-electron chi connectivity index (χ2n) is 6.39. The number of carbonyl (C=O) groups excluding carboxylic acids is 1. The van der Waals surface area contributed by atoms with Crippen molar-refractivity contribution >= 4 is 15.9 Å². The van der Waals surface area contributed by atoms with Crippen LogP contribution in [-0.2, 0) is 14.8 Å². The third-order valence-electron chi connectivity index (χ3n) is 4.55. The first-order valence-electron chi connectivity index (χ1n) is 8.71. The van der Waals surface area contributed by atoms with Crippen LogP contribution in [0.3, 0.4) is 0 Å². The second-order valence-corrected chi connectivity index (χ2v) is 8.26. The van der Waals surface area contributed by atoms with Gasteiger partial charge in [-0.2, -0.15) is 4.31 Å². The van der Waals surface area contributed by atoms with Gasteiger partial charge in [0.1, 0.15) is 17.4 Å². The largest absolute Gasteiger partial charge is 0.484 e. The van der Waals surface area contributed by atoms with Crippen molar-refractivity contribution in [3.63, 3.8) is 0 Å². The normalized spacial score (nSPS) is 15.5. The van der Waals surface area contributed by atoms with Crippen LogP contribution < -0.4 is 4.74 Å². The number of nitrogens with zero attached hydrogens (tertiary/aromatic N) is 2. The Morgan fingerprint density at radius 1 is 1.00 bits per heavy atom. The van der Waals surface area contributed by atoms with E-state index in [9.17, 15) is 22.0 Å². The molecule has 1 saturated heterocycles. The topological polar surface area (TPSA) is 66.9 Å². The summed E-state index contributed by atoms with van der Waals surface area (Å²) < 4.78 is 59.4. The summed E-state index contributed by atoms with van der Waals surface area (Å²) >= 11 is 0. The Morgan fingerprint density at radius 2 is 1.61 bits per heavy atom. The number of aryl methyl sites for hydroxylation is 1. The van der Waals surface area contributed by atoms with Crippen molar-refractivity contribution in [2.45, 2.75) is 11.8 Å². The molecular formula is C19H20F2N2O4S. The molecule has 1 aliphatic rings. The van der Waals surface area contributed by atoms with Gasteiger partial charge in [-0.3, -0.25) is 4.79 Å². The van der Waals surface area contributed by atoms with Crippen LogP contribution >= 0.6 is 0 Å². The minimum Gasteiger partial charge on any atom is -0.484 e. The number of halogens is 2. The Morgan fingerprint density at radius 3 is 2.21 bits per heavy atom. The van der Waals surface area contributed by atoms with E-state index in [2.05, 4.69) is 0 Å². The van der Waals surface area contributed by atoms with Gasteiger partial charge in [0.05, 0.1) is 0 Å². The molecule has 9 heteroatoms. The summed E-state index contributed by atoms with van der Waals surface area (Å²) in [5.41, 5.74) is 0.901. The van der Waals surface area contributed by atoms with Gasteiger partial charge in [0.15, 0.2) is 11.5 Å². The maximum atomic E-state index is 13.9. The van der Waals surface area contributed by atoms with Gasteiger partial charge in [0.2, 0.25) is 10.0 Å². The molecule has 0 radical (unpaired) electrons. The van der Waals surface area contributed by atoms with Gasteiger partial charge in [-0.05, 0) is 30.7 Å². The molecule has 1 fully saturated rings. The molecule has 1 amide bonds. The van der Waals surface area contributed by atoms with E-state index >= 15 is 0 Å². The highest BCUT2D eigenvalue weighted by Gasteiger charge is 2.34. The van der Waals surface area contributed by atoms with Gasteiger partial charge < -0.3 is 9.64 Å². The van der Waals surface area contributed by atoms with Crippen LogP contribution in [0, 0.1) is 18.6 Å². The van der Waals surface area contributed by atoms with Gasteiger partial charge in [-0.15, -0.1) is 0 Å². The Labute approximate surface area is 162 Å². The molecule has 1 heterocycles. The van der Waals surface area contributed by atoms with E-state index in [0.717, 1.165) is 28.1 Å². The summed E-state index contributed by atoms with van der Waals surface area (Å²) in [6.07, 6.45) is 0. The predicted molar refractivity (Wildman–Crippen MR) is 98.4 cm³/mol. The molecule has 0 unspecified atom stereocenters. The van der Waals surface area contributed by atoms with Crippen LogP contribution in [0.15, 0.2) is 47.4 Å². The number of amides is 1. The predicted octanol–water partition coefficient (Wildman–Crippen LogP) is 2.19. The van der Waals surface area contributed by atoms with Gasteiger partial charge in [-0.25, -0.2) is 17.2 Å². The van der Waals surface area contributed by atoms with Gasteiger partial charge in [-0.1, -0.05) is 24.3 Å². The Kier molecular flexibility index (Phi) is 5.95. The highest BCUT2D eigenvalue weighted by atomic mass is 32.2. The number of sulfonamides is 1. The second kappa shape index (κ2) is 8.24. The van der Waals surface area contributed by atoms with Gasteiger partial charge in [0.25, 0.3) is 5.91 Å². The molecule has 0 bridgehead atoms. The zero-order valence-electron chi connectivity index (χ0n) is 15.3. The summed E-state index contributed by atoms with van der Waals surface area (Å²) in [5, 5.41) is 0. The lowest BCUT2D eigenvalue weighted by atomic mass is 10.2. The Balaban J connectivity index is 1.61. The zero-order chi connectivity index (χ0) is 20.3. The maximum Gasteiger partial charge on any atom is 0.260 e. The number of benzene rings is 2. The molecule has 6 nitrogen and oxygen atoms in total. The molecule has 150 valence electrons. The van der Waals surface area contributed by atoms with E-state index < -0.39 is 26.6 Å². The van der Waals surface area contributed by atoms with Gasteiger partial charge in [0, 0.05) is 26.2 Å². The van der Waals surface area contributed by atoms with E-state index in [1.165, 1.54) is 4.90 Å². The lowest BCUT2D eigenvalue weighted by Crippen LogP contribution is -2.51. The molecule has 3 rings (SSSR count). The number of hydrogen-bond donors (Lipinski definition) is 0. The number of piperazine rings is 1. The maximum absolute atomic E-state index is 13.9. The molecule has 0 saturated carbocycles. The van der Waals surface area contributed by atoms with Crippen molar-refractivity contribution in [2.24, 2.45) is 0 Å². The van der Waals surface area contributed by atoms with Crippen molar-refractivity contribution in [1.82, 2.24) is 9.21 Å². The average Bonchev–Trinajstić information content (AvgIpc) is 2.67.